The van der Waals surface area contributed by atoms with E-state index in [1.165, 1.54) is 5.56 Å². The van der Waals surface area contributed by atoms with Crippen molar-refractivity contribution in [3.63, 3.8) is 0 Å². The lowest BCUT2D eigenvalue weighted by Crippen LogP contribution is -3.00. The fourth-order valence-electron chi connectivity index (χ4n) is 4.33. The first-order valence-corrected chi connectivity index (χ1v) is 11.4. The van der Waals surface area contributed by atoms with E-state index in [-0.39, 0.29) is 18.3 Å². The van der Waals surface area contributed by atoms with Crippen LogP contribution in [0.5, 0.6) is 0 Å². The molecular formula is C28H35ClN2O2. The number of hydrogen-bond acceptors (Lipinski definition) is 2. The summed E-state index contributed by atoms with van der Waals surface area (Å²) in [6, 6.07) is 29.0. The van der Waals surface area contributed by atoms with E-state index in [9.17, 15) is 9.90 Å². The van der Waals surface area contributed by atoms with E-state index >= 15 is 0 Å². The Morgan fingerprint density at radius 2 is 1.24 bits per heavy atom. The van der Waals surface area contributed by atoms with Crippen LogP contribution in [-0.2, 0) is 16.9 Å². The Hall–Kier alpha value is -2.66. The van der Waals surface area contributed by atoms with Crippen molar-refractivity contribution in [1.29, 1.82) is 0 Å². The van der Waals surface area contributed by atoms with Crippen LogP contribution in [0.2, 0.25) is 0 Å². The van der Waals surface area contributed by atoms with Crippen LogP contribution in [-0.4, -0.2) is 53.6 Å². The zero-order valence-electron chi connectivity index (χ0n) is 19.8. The van der Waals surface area contributed by atoms with E-state index in [4.69, 9.17) is 0 Å². The highest BCUT2D eigenvalue weighted by molar-refractivity contribution is 5.90. The van der Waals surface area contributed by atoms with Gasteiger partial charge >= 0.3 is 0 Å². The molecule has 0 aliphatic carbocycles. The van der Waals surface area contributed by atoms with Crippen LogP contribution in [0.3, 0.4) is 0 Å². The number of amides is 1. The lowest BCUT2D eigenvalue weighted by molar-refractivity contribution is -0.937. The van der Waals surface area contributed by atoms with Gasteiger partial charge in [0.1, 0.15) is 6.54 Å². The lowest BCUT2D eigenvalue weighted by Gasteiger charge is -2.39. The molecule has 0 radical (unpaired) electrons. The van der Waals surface area contributed by atoms with E-state index in [1.54, 1.807) is 11.9 Å². The SMILES string of the molecule is CC[N+](CC)(CCN(C)C(=O)C(O)(c1ccccc1)c1ccccc1)Cc1ccccc1.[Cl-]. The Kier molecular flexibility index (Phi) is 9.66. The van der Waals surface area contributed by atoms with Crippen molar-refractivity contribution in [2.45, 2.75) is 26.0 Å². The van der Waals surface area contributed by atoms with Crippen LogP contribution in [0, 0.1) is 0 Å². The molecule has 176 valence electrons. The van der Waals surface area contributed by atoms with Gasteiger partial charge in [0.05, 0.1) is 26.2 Å². The molecule has 0 heterocycles. The molecule has 0 aliphatic rings. The number of halogens is 1. The largest absolute Gasteiger partial charge is 1.00 e. The van der Waals surface area contributed by atoms with Gasteiger partial charge < -0.3 is 26.9 Å². The van der Waals surface area contributed by atoms with Crippen LogP contribution >= 0.6 is 0 Å². The number of quaternary nitrogens is 1. The summed E-state index contributed by atoms with van der Waals surface area (Å²) in [5.74, 6) is -0.306. The maximum absolute atomic E-state index is 13.7. The van der Waals surface area contributed by atoms with Crippen molar-refractivity contribution < 1.29 is 26.8 Å². The van der Waals surface area contributed by atoms with Crippen molar-refractivity contribution in [3.05, 3.63) is 108 Å². The highest BCUT2D eigenvalue weighted by atomic mass is 35.5. The highest BCUT2D eigenvalue weighted by Crippen LogP contribution is 2.31. The van der Waals surface area contributed by atoms with E-state index in [0.29, 0.717) is 17.7 Å². The van der Waals surface area contributed by atoms with Crippen molar-refractivity contribution in [1.82, 2.24) is 4.90 Å². The summed E-state index contributed by atoms with van der Waals surface area (Å²) < 4.78 is 0.886. The number of likely N-dealkylation sites (N-methyl/N-ethyl adjacent to an activating group) is 2. The number of nitrogens with zero attached hydrogens (tertiary/aromatic N) is 2. The molecule has 33 heavy (non-hydrogen) atoms. The molecule has 1 amide bonds. The molecule has 0 atom stereocenters. The average Bonchev–Trinajstić information content (AvgIpc) is 2.87. The first kappa shape index (κ1) is 26.6. The fraction of sp³-hybridized carbons (Fsp3) is 0.321. The second kappa shape index (κ2) is 12.0. The van der Waals surface area contributed by atoms with Gasteiger partial charge in [-0.25, -0.2) is 0 Å². The Morgan fingerprint density at radius 1 is 0.818 bits per heavy atom. The Labute approximate surface area is 204 Å². The van der Waals surface area contributed by atoms with Crippen molar-refractivity contribution in [2.75, 3.05) is 33.2 Å². The zero-order chi connectivity index (χ0) is 23.0. The van der Waals surface area contributed by atoms with Gasteiger partial charge in [-0.05, 0) is 25.0 Å². The third-order valence-corrected chi connectivity index (χ3v) is 6.65. The molecule has 0 aliphatic heterocycles. The van der Waals surface area contributed by atoms with E-state index in [0.717, 1.165) is 30.7 Å². The van der Waals surface area contributed by atoms with Crippen molar-refractivity contribution >= 4 is 5.91 Å². The summed E-state index contributed by atoms with van der Waals surface area (Å²) in [5.41, 5.74) is 0.749. The molecule has 0 spiro atoms. The minimum Gasteiger partial charge on any atom is -1.00 e. The van der Waals surface area contributed by atoms with E-state index < -0.39 is 5.60 Å². The molecule has 3 aromatic rings. The number of hydrogen-bond donors (Lipinski definition) is 1. The van der Waals surface area contributed by atoms with Gasteiger partial charge in [0, 0.05) is 12.6 Å². The molecule has 0 unspecified atom stereocenters. The topological polar surface area (TPSA) is 40.5 Å². The molecule has 3 aromatic carbocycles. The zero-order valence-corrected chi connectivity index (χ0v) is 20.6. The Morgan fingerprint density at radius 3 is 1.67 bits per heavy atom. The molecule has 0 aromatic heterocycles. The number of rotatable bonds is 10. The molecule has 0 fully saturated rings. The summed E-state index contributed by atoms with van der Waals surface area (Å²) in [5, 5.41) is 11.8. The van der Waals surface area contributed by atoms with Crippen LogP contribution in [0.15, 0.2) is 91.0 Å². The molecule has 5 heteroatoms. The summed E-state index contributed by atoms with van der Waals surface area (Å²) in [6.07, 6.45) is 0. The molecule has 0 bridgehead atoms. The first-order chi connectivity index (χ1) is 15.4. The molecular weight excluding hydrogens is 432 g/mol. The number of benzene rings is 3. The molecule has 0 saturated heterocycles. The minimum absolute atomic E-state index is 0. The third kappa shape index (κ3) is 6.02. The fourth-order valence-corrected chi connectivity index (χ4v) is 4.33. The van der Waals surface area contributed by atoms with E-state index in [1.807, 2.05) is 66.7 Å². The second-order valence-corrected chi connectivity index (χ2v) is 8.51. The van der Waals surface area contributed by atoms with E-state index in [2.05, 4.69) is 38.1 Å². The van der Waals surface area contributed by atoms with Gasteiger partial charge in [-0.3, -0.25) is 4.79 Å². The third-order valence-electron chi connectivity index (χ3n) is 6.65. The summed E-state index contributed by atoms with van der Waals surface area (Å²) in [7, 11) is 1.79. The predicted molar refractivity (Wildman–Crippen MR) is 130 cm³/mol. The summed E-state index contributed by atoms with van der Waals surface area (Å²) in [4.78, 5) is 15.4. The van der Waals surface area contributed by atoms with Gasteiger partial charge in [0.2, 0.25) is 0 Å². The minimum atomic E-state index is -1.72. The van der Waals surface area contributed by atoms with Gasteiger partial charge in [-0.1, -0.05) is 91.0 Å². The maximum Gasteiger partial charge on any atom is 0.263 e. The second-order valence-electron chi connectivity index (χ2n) is 8.51. The number of aliphatic hydroxyl groups is 1. The number of carbonyl (C=O) groups is 1. The smallest absolute Gasteiger partial charge is 0.263 e. The highest BCUT2D eigenvalue weighted by Gasteiger charge is 2.42. The van der Waals surface area contributed by atoms with Crippen LogP contribution in [0.25, 0.3) is 0 Å². The molecule has 1 N–H and O–H groups in total. The van der Waals surface area contributed by atoms with Crippen molar-refractivity contribution in [3.8, 4) is 0 Å². The Balaban J connectivity index is 0.00000385. The maximum atomic E-state index is 13.7. The normalized spacial score (nSPS) is 11.5. The quantitative estimate of drug-likeness (QED) is 0.459. The molecule has 4 nitrogen and oxygen atoms in total. The predicted octanol–water partition coefficient (Wildman–Crippen LogP) is 1.44. The summed E-state index contributed by atoms with van der Waals surface area (Å²) in [6.45, 7) is 8.69. The first-order valence-electron chi connectivity index (χ1n) is 11.4. The van der Waals surface area contributed by atoms with Gasteiger partial charge in [0.25, 0.3) is 5.91 Å². The van der Waals surface area contributed by atoms with Gasteiger partial charge in [-0.2, -0.15) is 0 Å². The standard InChI is InChI=1S/C28H35N2O2.ClH/c1-4-30(5-2,23-24-15-9-6-10-16-24)22-21-29(3)27(31)28(32,25-17-11-7-12-18-25)26-19-13-8-14-20-26;/h6-20,32H,4-5,21-23H2,1-3H3;1H/q+1;/p-1. The molecule has 0 saturated carbocycles. The monoisotopic (exact) mass is 466 g/mol. The lowest BCUT2D eigenvalue weighted by atomic mass is 9.85. The van der Waals surface area contributed by atoms with Gasteiger partial charge in [-0.15, -0.1) is 0 Å². The van der Waals surface area contributed by atoms with Crippen LogP contribution in [0.4, 0.5) is 0 Å². The van der Waals surface area contributed by atoms with Crippen LogP contribution < -0.4 is 12.4 Å². The average molecular weight is 467 g/mol. The Bertz CT molecular complexity index is 937. The van der Waals surface area contributed by atoms with Gasteiger partial charge in [0.15, 0.2) is 5.60 Å². The number of carbonyl (C=O) groups excluding carboxylic acids is 1. The van der Waals surface area contributed by atoms with Crippen molar-refractivity contribution in [2.24, 2.45) is 0 Å². The summed E-state index contributed by atoms with van der Waals surface area (Å²) >= 11 is 0. The van der Waals surface area contributed by atoms with Crippen LogP contribution in [0.1, 0.15) is 30.5 Å². The molecule has 3 rings (SSSR count).